The monoisotopic (exact) mass is 296 g/mol. The van der Waals surface area contributed by atoms with Gasteiger partial charge in [0, 0.05) is 11.7 Å². The molecular weight excluding hydrogens is 272 g/mol. The van der Waals surface area contributed by atoms with Crippen LogP contribution in [0.4, 0.5) is 5.69 Å². The minimum atomic E-state index is -3.67. The van der Waals surface area contributed by atoms with Gasteiger partial charge >= 0.3 is 0 Å². The molecule has 0 heterocycles. The Bertz CT molecular complexity index is 594. The lowest BCUT2D eigenvalue weighted by Gasteiger charge is -2.40. The van der Waals surface area contributed by atoms with Crippen LogP contribution in [-0.4, -0.2) is 14.5 Å². The maximum absolute atomic E-state index is 11.6. The minimum Gasteiger partial charge on any atom is -0.382 e. The van der Waals surface area contributed by atoms with Gasteiger partial charge in [-0.05, 0) is 42.9 Å². The van der Waals surface area contributed by atoms with E-state index in [2.05, 4.69) is 19.2 Å². The highest BCUT2D eigenvalue weighted by atomic mass is 32.2. The number of rotatable bonds is 3. The second kappa shape index (κ2) is 5.37. The largest absolute Gasteiger partial charge is 0.382 e. The Morgan fingerprint density at radius 1 is 1.30 bits per heavy atom. The number of hydrogen-bond acceptors (Lipinski definition) is 3. The van der Waals surface area contributed by atoms with Crippen molar-refractivity contribution in [3.05, 3.63) is 23.8 Å². The van der Waals surface area contributed by atoms with Crippen LogP contribution < -0.4 is 10.5 Å². The molecule has 1 unspecified atom stereocenters. The fourth-order valence-electron chi connectivity index (χ4n) is 3.03. The van der Waals surface area contributed by atoms with E-state index in [0.29, 0.717) is 11.6 Å². The molecule has 0 bridgehead atoms. The van der Waals surface area contributed by atoms with Gasteiger partial charge in [-0.25, -0.2) is 13.6 Å². The third kappa shape index (κ3) is 3.15. The molecule has 0 aromatic heterocycles. The Morgan fingerprint density at radius 2 is 2.00 bits per heavy atom. The minimum absolute atomic E-state index is 0.205. The lowest BCUT2D eigenvalue weighted by atomic mass is 9.73. The number of nitrogens with two attached hydrogens (primary N) is 1. The maximum atomic E-state index is 11.6. The summed E-state index contributed by atoms with van der Waals surface area (Å²) < 4.78 is 23.2. The number of hydrogen-bond donors (Lipinski definition) is 2. The molecule has 0 radical (unpaired) electrons. The van der Waals surface area contributed by atoms with Crippen LogP contribution in [0.2, 0.25) is 0 Å². The standard InChI is InChI=1S/C15H24N2O2S/c1-11-12(7-6-8-13(11)20(16,18)19)17-14-9-4-5-10-15(14,2)3/h6-8,14,17H,4-5,9-10H2,1-3H3,(H2,16,18,19). The van der Waals surface area contributed by atoms with Gasteiger partial charge in [0.25, 0.3) is 0 Å². The number of sulfonamides is 1. The van der Waals surface area contributed by atoms with E-state index in [0.717, 1.165) is 12.1 Å². The van der Waals surface area contributed by atoms with Gasteiger partial charge in [-0.1, -0.05) is 32.8 Å². The summed E-state index contributed by atoms with van der Waals surface area (Å²) in [7, 11) is -3.67. The summed E-state index contributed by atoms with van der Waals surface area (Å²) >= 11 is 0. The molecule has 1 aromatic carbocycles. The van der Waals surface area contributed by atoms with Gasteiger partial charge in [0.1, 0.15) is 0 Å². The van der Waals surface area contributed by atoms with Crippen molar-refractivity contribution in [2.75, 3.05) is 5.32 Å². The Kier molecular flexibility index (Phi) is 4.12. The van der Waals surface area contributed by atoms with Crippen LogP contribution in [0.5, 0.6) is 0 Å². The average molecular weight is 296 g/mol. The molecule has 1 saturated carbocycles. The Morgan fingerprint density at radius 3 is 2.60 bits per heavy atom. The van der Waals surface area contributed by atoms with Crippen LogP contribution in [0.25, 0.3) is 0 Å². The average Bonchev–Trinajstić information content (AvgIpc) is 2.32. The van der Waals surface area contributed by atoms with E-state index in [1.807, 2.05) is 6.07 Å². The maximum Gasteiger partial charge on any atom is 0.238 e. The first kappa shape index (κ1) is 15.3. The molecule has 0 spiro atoms. The zero-order valence-corrected chi connectivity index (χ0v) is 13.3. The van der Waals surface area contributed by atoms with E-state index in [1.165, 1.54) is 19.3 Å². The summed E-state index contributed by atoms with van der Waals surface area (Å²) in [6.45, 7) is 6.34. The molecule has 20 heavy (non-hydrogen) atoms. The highest BCUT2D eigenvalue weighted by Crippen LogP contribution is 2.38. The lowest BCUT2D eigenvalue weighted by Crippen LogP contribution is -2.39. The molecule has 1 aliphatic rings. The van der Waals surface area contributed by atoms with Crippen molar-refractivity contribution in [1.82, 2.24) is 0 Å². The third-order valence-corrected chi connectivity index (χ3v) is 5.48. The van der Waals surface area contributed by atoms with Crippen LogP contribution in [0.1, 0.15) is 45.1 Å². The van der Waals surface area contributed by atoms with Crippen LogP contribution in [0.3, 0.4) is 0 Å². The van der Waals surface area contributed by atoms with Crippen molar-refractivity contribution < 1.29 is 8.42 Å². The lowest BCUT2D eigenvalue weighted by molar-refractivity contribution is 0.217. The fraction of sp³-hybridized carbons (Fsp3) is 0.600. The summed E-state index contributed by atoms with van der Waals surface area (Å²) in [6.07, 6.45) is 4.79. The Labute approximate surface area is 121 Å². The van der Waals surface area contributed by atoms with E-state index in [1.54, 1.807) is 19.1 Å². The molecule has 0 saturated heterocycles. The molecule has 0 amide bonds. The summed E-state index contributed by atoms with van der Waals surface area (Å²) in [5.41, 5.74) is 1.80. The Hall–Kier alpha value is -1.07. The van der Waals surface area contributed by atoms with Crippen LogP contribution in [-0.2, 0) is 10.0 Å². The number of benzene rings is 1. The van der Waals surface area contributed by atoms with E-state index in [9.17, 15) is 8.42 Å². The quantitative estimate of drug-likeness (QED) is 0.900. The molecular formula is C15H24N2O2S. The molecule has 1 aliphatic carbocycles. The number of primary sulfonamides is 1. The zero-order valence-electron chi connectivity index (χ0n) is 12.4. The summed E-state index contributed by atoms with van der Waals surface area (Å²) in [5.74, 6) is 0. The van der Waals surface area contributed by atoms with Gasteiger partial charge in [-0.15, -0.1) is 0 Å². The molecule has 1 atom stereocenters. The van der Waals surface area contributed by atoms with Gasteiger partial charge in [0.15, 0.2) is 0 Å². The van der Waals surface area contributed by atoms with Gasteiger partial charge in [0.05, 0.1) is 4.90 Å². The molecule has 3 N–H and O–H groups in total. The fourth-order valence-corrected chi connectivity index (χ4v) is 3.83. The van der Waals surface area contributed by atoms with Gasteiger partial charge < -0.3 is 5.32 Å². The third-order valence-electron chi connectivity index (χ3n) is 4.43. The molecule has 4 nitrogen and oxygen atoms in total. The second-order valence-corrected chi connectivity index (χ2v) is 7.93. The van der Waals surface area contributed by atoms with Crippen molar-refractivity contribution in [1.29, 1.82) is 0 Å². The first-order valence-corrected chi connectivity index (χ1v) is 8.65. The Balaban J connectivity index is 2.31. The van der Waals surface area contributed by atoms with Crippen molar-refractivity contribution >= 4 is 15.7 Å². The highest BCUT2D eigenvalue weighted by Gasteiger charge is 2.32. The van der Waals surface area contributed by atoms with E-state index < -0.39 is 10.0 Å². The zero-order chi connectivity index (χ0) is 15.0. The van der Waals surface area contributed by atoms with Crippen molar-refractivity contribution in [3.63, 3.8) is 0 Å². The van der Waals surface area contributed by atoms with Crippen molar-refractivity contribution in [3.8, 4) is 0 Å². The first-order chi connectivity index (χ1) is 9.22. The van der Waals surface area contributed by atoms with Gasteiger partial charge in [-0.3, -0.25) is 0 Å². The molecule has 5 heteroatoms. The van der Waals surface area contributed by atoms with Crippen molar-refractivity contribution in [2.45, 2.75) is 57.4 Å². The summed E-state index contributed by atoms with van der Waals surface area (Å²) in [4.78, 5) is 0.205. The normalized spacial score (nSPS) is 22.5. The van der Waals surface area contributed by atoms with E-state index >= 15 is 0 Å². The van der Waals surface area contributed by atoms with Gasteiger partial charge in [0.2, 0.25) is 10.0 Å². The summed E-state index contributed by atoms with van der Waals surface area (Å²) in [5, 5.41) is 8.79. The number of nitrogens with one attached hydrogen (secondary N) is 1. The predicted molar refractivity (Wildman–Crippen MR) is 82.2 cm³/mol. The molecule has 0 aliphatic heterocycles. The van der Waals surface area contributed by atoms with Crippen LogP contribution in [0, 0.1) is 12.3 Å². The SMILES string of the molecule is Cc1c(NC2CCCCC2(C)C)cccc1S(N)(=O)=O. The molecule has 2 rings (SSSR count). The van der Waals surface area contributed by atoms with Crippen LogP contribution >= 0.6 is 0 Å². The molecule has 1 fully saturated rings. The molecule has 112 valence electrons. The topological polar surface area (TPSA) is 72.2 Å². The second-order valence-electron chi connectivity index (χ2n) is 6.41. The molecule has 1 aromatic rings. The van der Waals surface area contributed by atoms with Gasteiger partial charge in [-0.2, -0.15) is 0 Å². The predicted octanol–water partition coefficient (Wildman–Crippen LogP) is 3.02. The smallest absolute Gasteiger partial charge is 0.238 e. The van der Waals surface area contributed by atoms with Crippen molar-refractivity contribution in [2.24, 2.45) is 10.6 Å². The number of anilines is 1. The van der Waals surface area contributed by atoms with E-state index in [-0.39, 0.29) is 10.3 Å². The van der Waals surface area contributed by atoms with E-state index in [4.69, 9.17) is 5.14 Å². The summed E-state index contributed by atoms with van der Waals surface area (Å²) in [6, 6.07) is 5.59. The van der Waals surface area contributed by atoms with Crippen LogP contribution in [0.15, 0.2) is 23.1 Å². The highest BCUT2D eigenvalue weighted by molar-refractivity contribution is 7.89. The first-order valence-electron chi connectivity index (χ1n) is 7.11.